The van der Waals surface area contributed by atoms with E-state index in [1.807, 2.05) is 30.3 Å². The summed E-state index contributed by atoms with van der Waals surface area (Å²) in [5.74, 6) is 0.350. The van der Waals surface area contributed by atoms with E-state index in [2.05, 4.69) is 46.5 Å². The Balaban J connectivity index is 1.82. The van der Waals surface area contributed by atoms with E-state index in [0.29, 0.717) is 17.0 Å². The maximum Gasteiger partial charge on any atom is 0.227 e. The van der Waals surface area contributed by atoms with Crippen molar-refractivity contribution >= 4 is 45.7 Å². The van der Waals surface area contributed by atoms with E-state index in [-0.39, 0.29) is 11.0 Å². The predicted molar refractivity (Wildman–Crippen MR) is 113 cm³/mol. The number of fused-ring (bicyclic) bond motifs is 1. The maximum absolute atomic E-state index is 11.1. The van der Waals surface area contributed by atoms with Crippen molar-refractivity contribution in [2.75, 3.05) is 23.3 Å². The van der Waals surface area contributed by atoms with Gasteiger partial charge in [0, 0.05) is 37.0 Å². The summed E-state index contributed by atoms with van der Waals surface area (Å²) in [7, 11) is 0. The molecular formula is C20H22N4O2S. The molecule has 6 nitrogen and oxygen atoms in total. The third-order valence-electron chi connectivity index (χ3n) is 4.18. The number of hydrogen-bond donors (Lipinski definition) is 2. The number of hydrogen-bond acceptors (Lipinski definition) is 5. The van der Waals surface area contributed by atoms with Crippen LogP contribution in [-0.2, 0) is 4.79 Å². The van der Waals surface area contributed by atoms with Crippen LogP contribution in [0.2, 0.25) is 0 Å². The Morgan fingerprint density at radius 2 is 1.85 bits per heavy atom. The molecule has 0 radical (unpaired) electrons. The van der Waals surface area contributed by atoms with Gasteiger partial charge in [0.2, 0.25) is 11.8 Å². The Kier molecular flexibility index (Phi) is 5.71. The zero-order chi connectivity index (χ0) is 19.4. The van der Waals surface area contributed by atoms with E-state index in [0.717, 1.165) is 24.3 Å². The number of anilines is 2. The molecule has 0 aliphatic rings. The second kappa shape index (κ2) is 8.18. The highest BCUT2D eigenvalue weighted by molar-refractivity contribution is 7.80. The van der Waals surface area contributed by atoms with E-state index in [4.69, 9.17) is 16.6 Å². The lowest BCUT2D eigenvalue weighted by molar-refractivity contribution is -0.117. The monoisotopic (exact) mass is 382 g/mol. The van der Waals surface area contributed by atoms with Crippen LogP contribution in [0.4, 0.5) is 11.4 Å². The number of thiocarbonyl (C=S) groups is 1. The summed E-state index contributed by atoms with van der Waals surface area (Å²) in [6.07, 6.45) is 0. The van der Waals surface area contributed by atoms with Crippen molar-refractivity contribution in [2.45, 2.75) is 20.8 Å². The predicted octanol–water partition coefficient (Wildman–Crippen LogP) is 4.17. The minimum absolute atomic E-state index is 0.217. The van der Waals surface area contributed by atoms with Crippen LogP contribution < -0.4 is 15.5 Å². The average molecular weight is 382 g/mol. The van der Waals surface area contributed by atoms with Crippen molar-refractivity contribution in [3.8, 4) is 11.5 Å². The van der Waals surface area contributed by atoms with Crippen LogP contribution >= 0.6 is 12.2 Å². The number of amides is 1. The van der Waals surface area contributed by atoms with Crippen LogP contribution in [0.1, 0.15) is 20.8 Å². The van der Waals surface area contributed by atoms with Crippen molar-refractivity contribution in [3.63, 3.8) is 0 Å². The third kappa shape index (κ3) is 4.43. The van der Waals surface area contributed by atoms with Crippen molar-refractivity contribution in [3.05, 3.63) is 42.5 Å². The normalized spacial score (nSPS) is 10.6. The molecule has 140 valence electrons. The molecule has 0 aliphatic heterocycles. The Morgan fingerprint density at radius 1 is 1.15 bits per heavy atom. The summed E-state index contributed by atoms with van der Waals surface area (Å²) in [5.41, 5.74) is 4.24. The van der Waals surface area contributed by atoms with Crippen LogP contribution in [-0.4, -0.2) is 29.1 Å². The highest BCUT2D eigenvalue weighted by atomic mass is 32.1. The molecule has 1 amide bonds. The van der Waals surface area contributed by atoms with Crippen molar-refractivity contribution in [1.82, 2.24) is 10.3 Å². The van der Waals surface area contributed by atoms with Gasteiger partial charge in [-0.2, -0.15) is 0 Å². The second-order valence-electron chi connectivity index (χ2n) is 6.06. The van der Waals surface area contributed by atoms with Crippen molar-refractivity contribution in [1.29, 1.82) is 0 Å². The fraction of sp³-hybridized carbons (Fsp3) is 0.250. The van der Waals surface area contributed by atoms with E-state index >= 15 is 0 Å². The van der Waals surface area contributed by atoms with Crippen molar-refractivity contribution < 1.29 is 9.21 Å². The van der Waals surface area contributed by atoms with Crippen LogP contribution in [0.25, 0.3) is 22.6 Å². The molecule has 2 N–H and O–H groups in total. The number of oxazole rings is 1. The molecule has 0 fully saturated rings. The number of carbonyl (C=O) groups excluding carboxylic acids is 1. The van der Waals surface area contributed by atoms with E-state index in [1.54, 1.807) is 0 Å². The van der Waals surface area contributed by atoms with Gasteiger partial charge in [0.05, 0.1) is 0 Å². The summed E-state index contributed by atoms with van der Waals surface area (Å²) >= 11 is 5.08. The first-order chi connectivity index (χ1) is 13.0. The van der Waals surface area contributed by atoms with Gasteiger partial charge >= 0.3 is 0 Å². The Morgan fingerprint density at radius 3 is 2.48 bits per heavy atom. The molecular weight excluding hydrogens is 360 g/mol. The molecule has 2 aromatic carbocycles. The molecule has 0 bridgehead atoms. The molecule has 0 saturated heterocycles. The molecule has 3 aromatic rings. The third-order valence-corrected chi connectivity index (χ3v) is 4.38. The van der Waals surface area contributed by atoms with Gasteiger partial charge in [-0.05, 0) is 68.5 Å². The number of benzene rings is 2. The zero-order valence-corrected chi connectivity index (χ0v) is 16.4. The molecule has 0 unspecified atom stereocenters. The van der Waals surface area contributed by atoms with Gasteiger partial charge in [-0.25, -0.2) is 4.98 Å². The fourth-order valence-corrected chi connectivity index (χ4v) is 3.12. The highest BCUT2D eigenvalue weighted by Gasteiger charge is 2.10. The van der Waals surface area contributed by atoms with Gasteiger partial charge in [-0.3, -0.25) is 4.79 Å². The quantitative estimate of drug-likeness (QED) is 0.645. The fourth-order valence-electron chi connectivity index (χ4n) is 2.85. The number of aromatic nitrogens is 1. The van der Waals surface area contributed by atoms with E-state index in [9.17, 15) is 4.79 Å². The molecule has 0 aliphatic carbocycles. The smallest absolute Gasteiger partial charge is 0.227 e. The maximum atomic E-state index is 11.1. The van der Waals surface area contributed by atoms with Gasteiger partial charge in [-0.15, -0.1) is 0 Å². The Bertz CT molecular complexity index is 962. The molecule has 0 atom stereocenters. The zero-order valence-electron chi connectivity index (χ0n) is 15.6. The topological polar surface area (TPSA) is 70.4 Å². The lowest BCUT2D eigenvalue weighted by atomic mass is 10.2. The van der Waals surface area contributed by atoms with Gasteiger partial charge in [0.25, 0.3) is 0 Å². The molecule has 0 spiro atoms. The minimum atomic E-state index is -0.217. The second-order valence-corrected chi connectivity index (χ2v) is 6.46. The molecule has 0 saturated carbocycles. The minimum Gasteiger partial charge on any atom is -0.436 e. The Hall–Kier alpha value is -2.93. The lowest BCUT2D eigenvalue weighted by Crippen LogP contribution is -2.32. The standard InChI is InChI=1S/C20H22N4O2S/c1-4-24(5-2)16-9-6-14(7-10-16)19-23-17-12-15(8-11-18(17)26-19)22-20(27)21-13(3)25/h6-12H,4-5H2,1-3H3,(H2,21,22,25,27). The van der Waals surface area contributed by atoms with Crippen LogP contribution in [0.5, 0.6) is 0 Å². The molecule has 7 heteroatoms. The Labute approximate surface area is 163 Å². The van der Waals surface area contributed by atoms with Crippen molar-refractivity contribution in [2.24, 2.45) is 0 Å². The van der Waals surface area contributed by atoms with E-state index in [1.165, 1.54) is 12.6 Å². The largest absolute Gasteiger partial charge is 0.436 e. The first-order valence-electron chi connectivity index (χ1n) is 8.84. The first-order valence-corrected chi connectivity index (χ1v) is 9.25. The number of rotatable bonds is 5. The van der Waals surface area contributed by atoms with Gasteiger partial charge in [0.1, 0.15) is 5.52 Å². The lowest BCUT2D eigenvalue weighted by Gasteiger charge is -2.20. The summed E-state index contributed by atoms with van der Waals surface area (Å²) in [5, 5.41) is 5.74. The molecule has 1 aromatic heterocycles. The number of nitrogens with one attached hydrogen (secondary N) is 2. The average Bonchev–Trinajstić information content (AvgIpc) is 3.06. The van der Waals surface area contributed by atoms with Crippen LogP contribution in [0, 0.1) is 0 Å². The SMILES string of the molecule is CCN(CC)c1ccc(-c2nc3cc(NC(=S)NC(C)=O)ccc3o2)cc1. The first kappa shape index (κ1) is 18.8. The van der Waals surface area contributed by atoms with Crippen LogP contribution in [0.15, 0.2) is 46.9 Å². The molecule has 3 rings (SSSR count). The summed E-state index contributed by atoms with van der Waals surface area (Å²) in [6.45, 7) is 7.62. The van der Waals surface area contributed by atoms with Crippen LogP contribution in [0.3, 0.4) is 0 Å². The van der Waals surface area contributed by atoms with Gasteiger partial charge < -0.3 is 20.0 Å². The highest BCUT2D eigenvalue weighted by Crippen LogP contribution is 2.27. The molecule has 1 heterocycles. The number of nitrogens with zero attached hydrogens (tertiary/aromatic N) is 2. The number of carbonyl (C=O) groups is 1. The van der Waals surface area contributed by atoms with Gasteiger partial charge in [0.15, 0.2) is 10.7 Å². The van der Waals surface area contributed by atoms with Gasteiger partial charge in [-0.1, -0.05) is 0 Å². The summed E-state index contributed by atoms with van der Waals surface area (Å²) in [4.78, 5) is 17.9. The summed E-state index contributed by atoms with van der Waals surface area (Å²) < 4.78 is 5.88. The molecule has 27 heavy (non-hydrogen) atoms. The summed E-state index contributed by atoms with van der Waals surface area (Å²) in [6, 6.07) is 13.7. The van der Waals surface area contributed by atoms with E-state index < -0.39 is 0 Å².